The Labute approximate surface area is 203 Å². The zero-order chi connectivity index (χ0) is 24.5. The van der Waals surface area contributed by atoms with Gasteiger partial charge >= 0.3 is 11.7 Å². The average molecular weight is 478 g/mol. The van der Waals surface area contributed by atoms with E-state index in [9.17, 15) is 24.6 Å². The van der Waals surface area contributed by atoms with Gasteiger partial charge in [-0.3, -0.25) is 18.7 Å². The second-order valence-electron chi connectivity index (χ2n) is 9.70. The number of aliphatic carboxylic acids is 1. The molecule has 2 aliphatic carbocycles. The van der Waals surface area contributed by atoms with Crippen molar-refractivity contribution < 1.29 is 19.8 Å². The molecule has 2 aromatic rings. The van der Waals surface area contributed by atoms with Gasteiger partial charge in [-0.2, -0.15) is 0 Å². The molecule has 2 N–H and O–H groups in total. The Hall–Kier alpha value is -3.39. The van der Waals surface area contributed by atoms with Gasteiger partial charge in [-0.05, 0) is 61.3 Å². The molecule has 3 aliphatic rings. The molecule has 35 heavy (non-hydrogen) atoms. The lowest BCUT2D eigenvalue weighted by molar-refractivity contribution is -0.137. The van der Waals surface area contributed by atoms with Crippen molar-refractivity contribution in [2.75, 3.05) is 13.2 Å². The summed E-state index contributed by atoms with van der Waals surface area (Å²) in [5, 5.41) is 18.9. The van der Waals surface area contributed by atoms with E-state index in [-0.39, 0.29) is 43.1 Å². The first-order chi connectivity index (χ1) is 17.0. The van der Waals surface area contributed by atoms with Crippen molar-refractivity contribution in [1.29, 1.82) is 0 Å². The van der Waals surface area contributed by atoms with Crippen LogP contribution in [0.4, 0.5) is 0 Å². The highest BCUT2D eigenvalue weighted by atomic mass is 16.4. The number of carboxylic acids is 1. The lowest BCUT2D eigenvalue weighted by Gasteiger charge is -2.31. The first-order valence-electron chi connectivity index (χ1n) is 12.4. The van der Waals surface area contributed by atoms with Crippen LogP contribution in [-0.2, 0) is 17.9 Å². The molecule has 1 fully saturated rings. The van der Waals surface area contributed by atoms with Gasteiger partial charge in [-0.15, -0.1) is 0 Å². The second-order valence-corrected chi connectivity index (χ2v) is 9.70. The molecule has 0 bridgehead atoms. The van der Waals surface area contributed by atoms with Gasteiger partial charge in [0, 0.05) is 25.2 Å². The number of aryl methyl sites for hydroxylation is 1. The van der Waals surface area contributed by atoms with E-state index in [0.717, 1.165) is 25.7 Å². The minimum atomic E-state index is -0.978. The van der Waals surface area contributed by atoms with Crippen LogP contribution in [-0.4, -0.2) is 55.3 Å². The normalized spacial score (nSPS) is 23.5. The molecule has 3 unspecified atom stereocenters. The van der Waals surface area contributed by atoms with Gasteiger partial charge in [0.1, 0.15) is 0 Å². The summed E-state index contributed by atoms with van der Waals surface area (Å²) >= 11 is 0. The topological polar surface area (TPSA) is 105 Å². The van der Waals surface area contributed by atoms with Crippen LogP contribution in [0.5, 0.6) is 0 Å². The fourth-order valence-corrected chi connectivity index (χ4v) is 5.80. The molecule has 1 amide bonds. The standard InChI is InChI=1S/C27H31N3O5/c31-17-21-8-4-13-28(21)26(34)19-10-11-23-24(15-19)29(14-12-25(32)33)27(35)30(23)16-20-7-3-6-18-5-1-2-9-22(18)20/h1-3,5-6,10-11,15,20-22,31H,4,7-9,12-14,16-17H2,(H,32,33). The predicted molar refractivity (Wildman–Crippen MR) is 132 cm³/mol. The third-order valence-corrected chi connectivity index (χ3v) is 7.64. The van der Waals surface area contributed by atoms with Crippen LogP contribution in [0.15, 0.2) is 58.9 Å². The van der Waals surface area contributed by atoms with E-state index in [2.05, 4.69) is 30.4 Å². The number of aliphatic hydroxyl groups excluding tert-OH is 1. The molecule has 2 heterocycles. The quantitative estimate of drug-likeness (QED) is 0.638. The Morgan fingerprint density at radius 1 is 1.09 bits per heavy atom. The summed E-state index contributed by atoms with van der Waals surface area (Å²) in [6, 6.07) is 5.06. The van der Waals surface area contributed by atoms with Gasteiger partial charge in [-0.1, -0.05) is 30.4 Å². The van der Waals surface area contributed by atoms with E-state index < -0.39 is 5.97 Å². The molecule has 0 spiro atoms. The summed E-state index contributed by atoms with van der Waals surface area (Å²) < 4.78 is 3.24. The van der Waals surface area contributed by atoms with E-state index >= 15 is 0 Å². The Kier molecular flexibility index (Phi) is 6.47. The third kappa shape index (κ3) is 4.38. The van der Waals surface area contributed by atoms with E-state index in [1.807, 2.05) is 0 Å². The summed E-state index contributed by atoms with van der Waals surface area (Å²) in [6.45, 7) is 1.09. The minimum Gasteiger partial charge on any atom is -0.481 e. The maximum Gasteiger partial charge on any atom is 0.329 e. The molecule has 1 aromatic carbocycles. The number of aromatic nitrogens is 2. The number of nitrogens with zero attached hydrogens (tertiary/aromatic N) is 3. The fourth-order valence-electron chi connectivity index (χ4n) is 5.80. The molecule has 3 atom stereocenters. The Morgan fingerprint density at radius 3 is 2.74 bits per heavy atom. The Morgan fingerprint density at radius 2 is 1.94 bits per heavy atom. The lowest BCUT2D eigenvalue weighted by atomic mass is 9.76. The largest absolute Gasteiger partial charge is 0.481 e. The highest BCUT2D eigenvalue weighted by Gasteiger charge is 2.31. The molecule has 1 saturated heterocycles. The molecular weight excluding hydrogens is 446 g/mol. The number of carbonyl (C=O) groups is 2. The van der Waals surface area contributed by atoms with Gasteiger partial charge in [0.15, 0.2) is 0 Å². The van der Waals surface area contributed by atoms with Crippen molar-refractivity contribution in [3.05, 3.63) is 70.2 Å². The van der Waals surface area contributed by atoms with Gasteiger partial charge in [0.2, 0.25) is 0 Å². The number of likely N-dealkylation sites (tertiary alicyclic amines) is 1. The predicted octanol–water partition coefficient (Wildman–Crippen LogP) is 2.95. The van der Waals surface area contributed by atoms with Crippen molar-refractivity contribution >= 4 is 22.9 Å². The van der Waals surface area contributed by atoms with Crippen molar-refractivity contribution in [3.8, 4) is 0 Å². The van der Waals surface area contributed by atoms with Crippen LogP contribution in [0.3, 0.4) is 0 Å². The number of benzene rings is 1. The van der Waals surface area contributed by atoms with E-state index in [1.165, 1.54) is 10.1 Å². The molecule has 184 valence electrons. The number of fused-ring (bicyclic) bond motifs is 2. The van der Waals surface area contributed by atoms with Crippen molar-refractivity contribution in [2.24, 2.45) is 11.8 Å². The minimum absolute atomic E-state index is 0.0418. The van der Waals surface area contributed by atoms with Gasteiger partial charge in [0.25, 0.3) is 5.91 Å². The summed E-state index contributed by atoms with van der Waals surface area (Å²) in [6.07, 6.45) is 13.9. The molecular formula is C27H31N3O5. The van der Waals surface area contributed by atoms with Crippen LogP contribution < -0.4 is 5.69 Å². The highest BCUT2D eigenvalue weighted by molar-refractivity contribution is 5.98. The van der Waals surface area contributed by atoms with Crippen LogP contribution in [0, 0.1) is 11.8 Å². The van der Waals surface area contributed by atoms with Gasteiger partial charge < -0.3 is 15.1 Å². The first-order valence-corrected chi connectivity index (χ1v) is 12.4. The molecule has 5 rings (SSSR count). The van der Waals surface area contributed by atoms with Crippen molar-refractivity contribution in [2.45, 2.75) is 51.2 Å². The van der Waals surface area contributed by atoms with Crippen LogP contribution in [0.25, 0.3) is 11.0 Å². The Bertz CT molecular complexity index is 1300. The summed E-state index contributed by atoms with van der Waals surface area (Å²) in [7, 11) is 0. The van der Waals surface area contributed by atoms with Crippen LogP contribution >= 0.6 is 0 Å². The fraction of sp³-hybridized carbons (Fsp3) is 0.444. The number of aliphatic hydroxyl groups is 1. The molecule has 1 aliphatic heterocycles. The molecule has 1 aromatic heterocycles. The van der Waals surface area contributed by atoms with Gasteiger partial charge in [0.05, 0.1) is 30.1 Å². The lowest BCUT2D eigenvalue weighted by Crippen LogP contribution is -2.37. The summed E-state index contributed by atoms with van der Waals surface area (Å²) in [5.41, 5.74) is 2.77. The number of hydrogen-bond donors (Lipinski definition) is 2. The highest BCUT2D eigenvalue weighted by Crippen LogP contribution is 2.36. The van der Waals surface area contributed by atoms with E-state index in [1.54, 1.807) is 27.7 Å². The number of imidazole rings is 1. The number of carbonyl (C=O) groups excluding carboxylic acids is 1. The maximum atomic E-state index is 13.5. The molecule has 0 radical (unpaired) electrons. The van der Waals surface area contributed by atoms with E-state index in [4.69, 9.17) is 0 Å². The summed E-state index contributed by atoms with van der Waals surface area (Å²) in [4.78, 5) is 39.7. The first kappa shape index (κ1) is 23.4. The zero-order valence-electron chi connectivity index (χ0n) is 19.7. The monoisotopic (exact) mass is 477 g/mol. The number of hydrogen-bond acceptors (Lipinski definition) is 4. The number of allylic oxidation sites excluding steroid dienone is 6. The van der Waals surface area contributed by atoms with Crippen LogP contribution in [0.2, 0.25) is 0 Å². The third-order valence-electron chi connectivity index (χ3n) is 7.64. The van der Waals surface area contributed by atoms with Crippen molar-refractivity contribution in [3.63, 3.8) is 0 Å². The zero-order valence-corrected chi connectivity index (χ0v) is 19.7. The average Bonchev–Trinajstić information content (AvgIpc) is 3.45. The molecule has 8 heteroatoms. The van der Waals surface area contributed by atoms with Crippen LogP contribution in [0.1, 0.15) is 42.5 Å². The second kappa shape index (κ2) is 9.70. The van der Waals surface area contributed by atoms with Gasteiger partial charge in [-0.25, -0.2) is 4.79 Å². The smallest absolute Gasteiger partial charge is 0.329 e. The SMILES string of the molecule is O=C(O)CCn1c(=O)n(CC2CC=CC3=CC=CCC32)c2ccc(C(=O)N3CCCC3CO)cc21. The maximum absolute atomic E-state index is 13.5. The van der Waals surface area contributed by atoms with E-state index in [0.29, 0.717) is 35.6 Å². The molecule has 0 saturated carbocycles. The number of carboxylic acid groups (broad SMARTS) is 1. The number of rotatable bonds is 7. The Balaban J connectivity index is 1.52. The van der Waals surface area contributed by atoms with Crippen molar-refractivity contribution in [1.82, 2.24) is 14.0 Å². The summed E-state index contributed by atoms with van der Waals surface area (Å²) in [5.74, 6) is -0.548. The number of amides is 1. The molecule has 8 nitrogen and oxygen atoms in total.